The van der Waals surface area contributed by atoms with Crippen molar-refractivity contribution in [2.24, 2.45) is 0 Å². The molecular weight excluding hydrogens is 460 g/mol. The van der Waals surface area contributed by atoms with E-state index in [2.05, 4.69) is 4.90 Å². The third-order valence-corrected chi connectivity index (χ3v) is 6.76. The van der Waals surface area contributed by atoms with Crippen LogP contribution in [0.4, 0.5) is 0 Å². The predicted octanol–water partition coefficient (Wildman–Crippen LogP) is 3.55. The summed E-state index contributed by atoms with van der Waals surface area (Å²) in [6, 6.07) is 9.63. The van der Waals surface area contributed by atoms with Crippen LogP contribution in [0.3, 0.4) is 0 Å². The Kier molecular flexibility index (Phi) is 7.96. The van der Waals surface area contributed by atoms with Gasteiger partial charge in [-0.3, -0.25) is 14.5 Å². The molecule has 2 heterocycles. The Morgan fingerprint density at radius 1 is 1.08 bits per heavy atom. The lowest BCUT2D eigenvalue weighted by Gasteiger charge is -2.29. The summed E-state index contributed by atoms with van der Waals surface area (Å²) in [6.45, 7) is 10.1. The minimum atomic E-state index is -0.797. The van der Waals surface area contributed by atoms with Crippen molar-refractivity contribution < 1.29 is 29.3 Å². The first-order chi connectivity index (χ1) is 17.3. The van der Waals surface area contributed by atoms with Crippen molar-refractivity contribution >= 4 is 17.4 Å². The first-order valence-electron chi connectivity index (χ1n) is 12.4. The quantitative estimate of drug-likeness (QED) is 0.329. The molecule has 1 atom stereocenters. The molecule has 0 radical (unpaired) electrons. The number of aryl methyl sites for hydroxylation is 2. The number of aliphatic hydroxyl groups is 1. The fourth-order valence-electron chi connectivity index (χ4n) is 4.85. The van der Waals surface area contributed by atoms with Crippen LogP contribution in [0.25, 0.3) is 5.76 Å². The van der Waals surface area contributed by atoms with Crippen molar-refractivity contribution in [2.45, 2.75) is 33.2 Å². The number of phenols is 1. The van der Waals surface area contributed by atoms with Crippen LogP contribution >= 0.6 is 0 Å². The van der Waals surface area contributed by atoms with Gasteiger partial charge in [0.25, 0.3) is 11.7 Å². The minimum Gasteiger partial charge on any atom is -0.507 e. The molecule has 1 amide bonds. The topological polar surface area (TPSA) is 99.5 Å². The van der Waals surface area contributed by atoms with Crippen LogP contribution in [0.1, 0.15) is 41.6 Å². The maximum atomic E-state index is 13.3. The molecule has 4 rings (SSSR count). The van der Waals surface area contributed by atoms with E-state index < -0.39 is 17.7 Å². The number of aliphatic hydroxyl groups excluding tert-OH is 1. The highest BCUT2D eigenvalue weighted by molar-refractivity contribution is 6.46. The largest absolute Gasteiger partial charge is 0.507 e. The number of amides is 1. The maximum Gasteiger partial charge on any atom is 0.295 e. The number of aromatic hydroxyl groups is 1. The molecule has 0 aliphatic carbocycles. The first kappa shape index (κ1) is 25.7. The van der Waals surface area contributed by atoms with E-state index in [-0.39, 0.29) is 22.8 Å². The van der Waals surface area contributed by atoms with Crippen LogP contribution in [0.2, 0.25) is 0 Å². The summed E-state index contributed by atoms with van der Waals surface area (Å²) in [5, 5.41) is 21.6. The number of carbonyl (C=O) groups excluding carboxylic acids is 2. The SMILES string of the molecule is CCOc1cc(C2C(=C(O)c3cc(C)ccc3C)C(=O)C(=O)N2CCCN2CCOCC2)ccc1O. The highest BCUT2D eigenvalue weighted by atomic mass is 16.5. The zero-order valence-electron chi connectivity index (χ0n) is 21.1. The number of phenolic OH excluding ortho intramolecular Hbond substituents is 1. The molecule has 2 aromatic carbocycles. The normalized spacial score (nSPS) is 20.2. The molecule has 0 spiro atoms. The van der Waals surface area contributed by atoms with Gasteiger partial charge in [0.1, 0.15) is 5.76 Å². The van der Waals surface area contributed by atoms with Gasteiger partial charge >= 0.3 is 0 Å². The van der Waals surface area contributed by atoms with Crippen LogP contribution in [0.5, 0.6) is 11.5 Å². The summed E-state index contributed by atoms with van der Waals surface area (Å²) >= 11 is 0. The van der Waals surface area contributed by atoms with Gasteiger partial charge in [-0.2, -0.15) is 0 Å². The molecule has 0 saturated carbocycles. The van der Waals surface area contributed by atoms with Crippen molar-refractivity contribution in [3.05, 3.63) is 64.2 Å². The lowest BCUT2D eigenvalue weighted by atomic mass is 9.93. The molecule has 2 N–H and O–H groups in total. The molecule has 2 aliphatic heterocycles. The molecule has 1 unspecified atom stereocenters. The standard InChI is InChI=1S/C28H34N2O6/c1-4-36-23-17-20(8-9-22(23)31)25-24(26(32)21-16-18(2)6-7-19(21)3)27(33)28(34)30(25)11-5-10-29-12-14-35-15-13-29/h6-9,16-17,25,31-32H,4-5,10-15H2,1-3H3. The summed E-state index contributed by atoms with van der Waals surface area (Å²) in [5.74, 6) is -1.31. The Balaban J connectivity index is 1.75. The van der Waals surface area contributed by atoms with E-state index in [0.717, 1.165) is 30.8 Å². The second-order valence-electron chi connectivity index (χ2n) is 9.28. The van der Waals surface area contributed by atoms with Gasteiger partial charge in [0.2, 0.25) is 0 Å². The molecule has 0 bridgehead atoms. The van der Waals surface area contributed by atoms with Gasteiger partial charge in [0.05, 0.1) is 31.4 Å². The number of hydrogen-bond acceptors (Lipinski definition) is 7. The second kappa shape index (κ2) is 11.1. The Morgan fingerprint density at radius 3 is 2.56 bits per heavy atom. The van der Waals surface area contributed by atoms with Crippen LogP contribution in [-0.2, 0) is 14.3 Å². The van der Waals surface area contributed by atoms with Crippen molar-refractivity contribution in [3.63, 3.8) is 0 Å². The van der Waals surface area contributed by atoms with Crippen LogP contribution in [0.15, 0.2) is 42.0 Å². The van der Waals surface area contributed by atoms with E-state index in [1.54, 1.807) is 12.1 Å². The predicted molar refractivity (Wildman–Crippen MR) is 136 cm³/mol. The van der Waals surface area contributed by atoms with E-state index >= 15 is 0 Å². The number of ether oxygens (including phenoxy) is 2. The van der Waals surface area contributed by atoms with Gasteiger partial charge < -0.3 is 24.6 Å². The number of ketones is 1. The molecule has 0 aromatic heterocycles. The third-order valence-electron chi connectivity index (χ3n) is 6.76. The van der Waals surface area contributed by atoms with Gasteiger partial charge in [0, 0.05) is 31.7 Å². The molecule has 2 fully saturated rings. The van der Waals surface area contributed by atoms with Crippen LogP contribution in [0, 0.1) is 13.8 Å². The smallest absolute Gasteiger partial charge is 0.295 e. The number of morpholine rings is 1. The highest BCUT2D eigenvalue weighted by Gasteiger charge is 2.46. The fraction of sp³-hybridized carbons (Fsp3) is 0.429. The van der Waals surface area contributed by atoms with Gasteiger partial charge in [0.15, 0.2) is 11.5 Å². The van der Waals surface area contributed by atoms with Crippen molar-refractivity contribution in [1.29, 1.82) is 0 Å². The first-order valence-corrected chi connectivity index (χ1v) is 12.4. The van der Waals surface area contributed by atoms with Gasteiger partial charge in [-0.1, -0.05) is 23.8 Å². The molecule has 36 heavy (non-hydrogen) atoms. The number of Topliss-reactive ketones (excluding diaryl/α,β-unsaturated/α-hetero) is 1. The van der Waals surface area contributed by atoms with Crippen LogP contribution in [-0.4, -0.2) is 77.7 Å². The Hall–Kier alpha value is -3.36. The summed E-state index contributed by atoms with van der Waals surface area (Å²) in [6.07, 6.45) is 0.670. The number of hydrogen-bond donors (Lipinski definition) is 2. The molecular formula is C28H34N2O6. The number of carbonyl (C=O) groups is 2. The molecule has 8 nitrogen and oxygen atoms in total. The summed E-state index contributed by atoms with van der Waals surface area (Å²) in [7, 11) is 0. The maximum absolute atomic E-state index is 13.3. The van der Waals surface area contributed by atoms with E-state index in [0.29, 0.717) is 43.9 Å². The summed E-state index contributed by atoms with van der Waals surface area (Å²) in [4.78, 5) is 30.4. The number of nitrogens with zero attached hydrogens (tertiary/aromatic N) is 2. The van der Waals surface area contributed by atoms with E-state index in [1.165, 1.54) is 11.0 Å². The Labute approximate surface area is 211 Å². The number of benzene rings is 2. The summed E-state index contributed by atoms with van der Waals surface area (Å²) < 4.78 is 11.0. The lowest BCUT2D eigenvalue weighted by molar-refractivity contribution is -0.140. The van der Waals surface area contributed by atoms with E-state index in [9.17, 15) is 19.8 Å². The van der Waals surface area contributed by atoms with Gasteiger partial charge in [-0.25, -0.2) is 0 Å². The van der Waals surface area contributed by atoms with Crippen molar-refractivity contribution in [3.8, 4) is 11.5 Å². The zero-order valence-corrected chi connectivity index (χ0v) is 21.1. The third kappa shape index (κ3) is 5.24. The van der Waals surface area contributed by atoms with E-state index in [1.807, 2.05) is 39.0 Å². The zero-order chi connectivity index (χ0) is 25.8. The average Bonchev–Trinajstić information content (AvgIpc) is 3.12. The highest BCUT2D eigenvalue weighted by Crippen LogP contribution is 2.42. The summed E-state index contributed by atoms with van der Waals surface area (Å²) in [5.41, 5.74) is 2.90. The number of rotatable bonds is 8. The second-order valence-corrected chi connectivity index (χ2v) is 9.28. The molecule has 2 aromatic rings. The van der Waals surface area contributed by atoms with Crippen LogP contribution < -0.4 is 4.74 Å². The fourth-order valence-corrected chi connectivity index (χ4v) is 4.85. The number of likely N-dealkylation sites (tertiary alicyclic amines) is 1. The Bertz CT molecular complexity index is 1170. The molecule has 192 valence electrons. The molecule has 2 saturated heterocycles. The molecule has 8 heteroatoms. The van der Waals surface area contributed by atoms with E-state index in [4.69, 9.17) is 9.47 Å². The van der Waals surface area contributed by atoms with Crippen molar-refractivity contribution in [2.75, 3.05) is 46.0 Å². The average molecular weight is 495 g/mol. The monoisotopic (exact) mass is 494 g/mol. The Morgan fingerprint density at radius 2 is 1.83 bits per heavy atom. The molecule has 2 aliphatic rings. The van der Waals surface area contributed by atoms with Gasteiger partial charge in [-0.15, -0.1) is 0 Å². The minimum absolute atomic E-state index is 0.0283. The lowest BCUT2D eigenvalue weighted by Crippen LogP contribution is -2.38. The van der Waals surface area contributed by atoms with Crippen molar-refractivity contribution in [1.82, 2.24) is 9.80 Å². The van der Waals surface area contributed by atoms with Gasteiger partial charge in [-0.05, 0) is 56.5 Å².